The van der Waals surface area contributed by atoms with Crippen LogP contribution >= 0.6 is 0 Å². The van der Waals surface area contributed by atoms with E-state index in [1.807, 2.05) is 50.0 Å². The molecule has 0 aliphatic carbocycles. The summed E-state index contributed by atoms with van der Waals surface area (Å²) >= 11 is 0. The van der Waals surface area contributed by atoms with E-state index in [2.05, 4.69) is 5.32 Å². The number of nitriles is 1. The molecule has 0 saturated carbocycles. The molecule has 1 amide bonds. The molecule has 4 heteroatoms. The van der Waals surface area contributed by atoms with Crippen LogP contribution in [0.2, 0.25) is 0 Å². The third-order valence-electron chi connectivity index (χ3n) is 2.45. The van der Waals surface area contributed by atoms with Crippen molar-refractivity contribution in [2.24, 2.45) is 18.9 Å². The Morgan fingerprint density at radius 1 is 1.62 bits per heavy atom. The number of hydrogen-bond donors (Lipinski definition) is 1. The molecule has 0 spiro atoms. The summed E-state index contributed by atoms with van der Waals surface area (Å²) in [4.78, 5) is 11.7. The van der Waals surface area contributed by atoms with Crippen molar-refractivity contribution in [3.63, 3.8) is 0 Å². The maximum Gasteiger partial charge on any atom is 0.237 e. The SMILES string of the molecule is CC(C)C(C#N)C(=O)NCc1ccn(C)c1. The summed E-state index contributed by atoms with van der Waals surface area (Å²) in [6.07, 6.45) is 3.86. The van der Waals surface area contributed by atoms with E-state index in [1.165, 1.54) is 0 Å². The molecule has 86 valence electrons. The second-order valence-corrected chi connectivity index (χ2v) is 4.25. The largest absolute Gasteiger partial charge is 0.357 e. The lowest BCUT2D eigenvalue weighted by Gasteiger charge is -2.12. The molecule has 1 unspecified atom stereocenters. The van der Waals surface area contributed by atoms with Gasteiger partial charge in [0.25, 0.3) is 0 Å². The number of aromatic nitrogens is 1. The van der Waals surface area contributed by atoms with Gasteiger partial charge in [0.05, 0.1) is 6.07 Å². The molecule has 0 saturated heterocycles. The van der Waals surface area contributed by atoms with Gasteiger partial charge < -0.3 is 9.88 Å². The molecule has 0 fully saturated rings. The molecule has 1 aromatic heterocycles. The zero-order chi connectivity index (χ0) is 12.1. The monoisotopic (exact) mass is 219 g/mol. The number of hydrogen-bond acceptors (Lipinski definition) is 2. The molecule has 1 atom stereocenters. The van der Waals surface area contributed by atoms with Crippen LogP contribution in [0.15, 0.2) is 18.5 Å². The summed E-state index contributed by atoms with van der Waals surface area (Å²) in [5.74, 6) is -0.717. The average molecular weight is 219 g/mol. The van der Waals surface area contributed by atoms with Crippen molar-refractivity contribution in [2.75, 3.05) is 0 Å². The van der Waals surface area contributed by atoms with Gasteiger partial charge in [-0.1, -0.05) is 13.8 Å². The Balaban J connectivity index is 2.50. The Kier molecular flexibility index (Phi) is 4.12. The fraction of sp³-hybridized carbons (Fsp3) is 0.500. The Morgan fingerprint density at radius 3 is 2.75 bits per heavy atom. The Bertz CT molecular complexity index is 401. The van der Waals surface area contributed by atoms with Gasteiger partial charge in [0.1, 0.15) is 5.92 Å². The maximum absolute atomic E-state index is 11.7. The van der Waals surface area contributed by atoms with Crippen LogP contribution < -0.4 is 5.32 Å². The Hall–Kier alpha value is -1.76. The van der Waals surface area contributed by atoms with Gasteiger partial charge in [-0.3, -0.25) is 4.79 Å². The molecule has 0 aliphatic rings. The first-order valence-electron chi connectivity index (χ1n) is 5.32. The van der Waals surface area contributed by atoms with Crippen LogP contribution in [-0.4, -0.2) is 10.5 Å². The third-order valence-corrected chi connectivity index (χ3v) is 2.45. The number of amides is 1. The van der Waals surface area contributed by atoms with Gasteiger partial charge >= 0.3 is 0 Å². The van der Waals surface area contributed by atoms with Crippen molar-refractivity contribution < 1.29 is 4.79 Å². The summed E-state index contributed by atoms with van der Waals surface area (Å²) in [6, 6.07) is 3.97. The molecular weight excluding hydrogens is 202 g/mol. The number of aryl methyl sites for hydroxylation is 1. The lowest BCUT2D eigenvalue weighted by molar-refractivity contribution is -0.124. The average Bonchev–Trinajstić information content (AvgIpc) is 2.62. The highest BCUT2D eigenvalue weighted by atomic mass is 16.1. The van der Waals surface area contributed by atoms with E-state index in [4.69, 9.17) is 5.26 Å². The van der Waals surface area contributed by atoms with Gasteiger partial charge in [-0.05, 0) is 17.5 Å². The number of nitrogens with zero attached hydrogens (tertiary/aromatic N) is 2. The van der Waals surface area contributed by atoms with Crippen molar-refractivity contribution in [3.8, 4) is 6.07 Å². The predicted octanol–water partition coefficient (Wildman–Crippen LogP) is 1.44. The summed E-state index contributed by atoms with van der Waals surface area (Å²) < 4.78 is 1.92. The number of nitrogens with one attached hydrogen (secondary N) is 1. The topological polar surface area (TPSA) is 57.8 Å². The van der Waals surface area contributed by atoms with Gasteiger partial charge in [-0.15, -0.1) is 0 Å². The van der Waals surface area contributed by atoms with E-state index < -0.39 is 5.92 Å². The van der Waals surface area contributed by atoms with E-state index >= 15 is 0 Å². The normalized spacial score (nSPS) is 12.2. The minimum atomic E-state index is -0.566. The lowest BCUT2D eigenvalue weighted by atomic mass is 9.97. The first kappa shape index (κ1) is 12.3. The van der Waals surface area contributed by atoms with E-state index in [9.17, 15) is 4.79 Å². The molecular formula is C12H17N3O. The summed E-state index contributed by atoms with van der Waals surface area (Å²) in [5.41, 5.74) is 1.04. The minimum absolute atomic E-state index is 0.0424. The minimum Gasteiger partial charge on any atom is -0.357 e. The Labute approximate surface area is 95.9 Å². The summed E-state index contributed by atoms with van der Waals surface area (Å²) in [7, 11) is 1.93. The predicted molar refractivity (Wildman–Crippen MR) is 61.2 cm³/mol. The van der Waals surface area contributed by atoms with Crippen LogP contribution in [0.3, 0.4) is 0 Å². The van der Waals surface area contributed by atoms with E-state index in [0.29, 0.717) is 6.54 Å². The Morgan fingerprint density at radius 2 is 2.31 bits per heavy atom. The molecule has 0 bridgehead atoms. The van der Waals surface area contributed by atoms with E-state index in [0.717, 1.165) is 5.56 Å². The molecule has 1 aromatic rings. The van der Waals surface area contributed by atoms with Crippen LogP contribution in [-0.2, 0) is 18.4 Å². The first-order valence-corrected chi connectivity index (χ1v) is 5.32. The highest BCUT2D eigenvalue weighted by Crippen LogP contribution is 2.09. The zero-order valence-corrected chi connectivity index (χ0v) is 9.90. The molecule has 4 nitrogen and oxygen atoms in total. The fourth-order valence-electron chi connectivity index (χ4n) is 1.48. The highest BCUT2D eigenvalue weighted by molar-refractivity contribution is 5.81. The van der Waals surface area contributed by atoms with Gasteiger partial charge in [-0.2, -0.15) is 5.26 Å². The number of carbonyl (C=O) groups excluding carboxylic acids is 1. The molecule has 0 radical (unpaired) electrons. The molecule has 1 heterocycles. The fourth-order valence-corrected chi connectivity index (χ4v) is 1.48. The van der Waals surface area contributed by atoms with Crippen LogP contribution in [0.25, 0.3) is 0 Å². The van der Waals surface area contributed by atoms with E-state index in [-0.39, 0.29) is 11.8 Å². The molecule has 1 N–H and O–H groups in total. The van der Waals surface area contributed by atoms with Crippen molar-refractivity contribution in [1.29, 1.82) is 5.26 Å². The molecule has 1 rings (SSSR count). The van der Waals surface area contributed by atoms with Crippen molar-refractivity contribution in [3.05, 3.63) is 24.0 Å². The third kappa shape index (κ3) is 3.13. The quantitative estimate of drug-likeness (QED) is 0.833. The highest BCUT2D eigenvalue weighted by Gasteiger charge is 2.20. The molecule has 0 aromatic carbocycles. The van der Waals surface area contributed by atoms with Crippen molar-refractivity contribution >= 4 is 5.91 Å². The second-order valence-electron chi connectivity index (χ2n) is 4.25. The second kappa shape index (κ2) is 5.36. The first-order chi connectivity index (χ1) is 7.54. The summed E-state index contributed by atoms with van der Waals surface area (Å²) in [6.45, 7) is 4.22. The zero-order valence-electron chi connectivity index (χ0n) is 9.90. The van der Waals surface area contributed by atoms with Gasteiger partial charge in [0, 0.05) is 26.0 Å². The standard InChI is InChI=1S/C12H17N3O/c1-9(2)11(6-13)12(16)14-7-10-4-5-15(3)8-10/h4-5,8-9,11H,7H2,1-3H3,(H,14,16). The number of rotatable bonds is 4. The van der Waals surface area contributed by atoms with Crippen LogP contribution in [0, 0.1) is 23.2 Å². The van der Waals surface area contributed by atoms with Crippen LogP contribution in [0.1, 0.15) is 19.4 Å². The van der Waals surface area contributed by atoms with Crippen LogP contribution in [0.4, 0.5) is 0 Å². The van der Waals surface area contributed by atoms with Gasteiger partial charge in [0.15, 0.2) is 0 Å². The number of carbonyl (C=O) groups is 1. The van der Waals surface area contributed by atoms with E-state index in [1.54, 1.807) is 0 Å². The smallest absolute Gasteiger partial charge is 0.237 e. The molecule has 16 heavy (non-hydrogen) atoms. The van der Waals surface area contributed by atoms with Gasteiger partial charge in [-0.25, -0.2) is 0 Å². The van der Waals surface area contributed by atoms with Crippen LogP contribution in [0.5, 0.6) is 0 Å². The summed E-state index contributed by atoms with van der Waals surface area (Å²) in [5, 5.41) is 11.6. The van der Waals surface area contributed by atoms with Crippen molar-refractivity contribution in [2.45, 2.75) is 20.4 Å². The maximum atomic E-state index is 11.7. The lowest BCUT2D eigenvalue weighted by Crippen LogP contribution is -2.32. The molecule has 0 aliphatic heterocycles. The van der Waals surface area contributed by atoms with Gasteiger partial charge in [0.2, 0.25) is 5.91 Å². The van der Waals surface area contributed by atoms with Crippen molar-refractivity contribution in [1.82, 2.24) is 9.88 Å².